The van der Waals surface area contributed by atoms with Gasteiger partial charge in [-0.15, -0.1) is 0 Å². The molecule has 0 aliphatic carbocycles. The lowest BCUT2D eigenvalue weighted by molar-refractivity contribution is 0.0793. The Balaban J connectivity index is 1.36. The molecule has 8 heteroatoms. The molecule has 0 spiro atoms. The van der Waals surface area contributed by atoms with Crippen LogP contribution in [0.2, 0.25) is 0 Å². The monoisotopic (exact) mass is 494 g/mol. The van der Waals surface area contributed by atoms with Crippen LogP contribution in [-0.2, 0) is 16.4 Å². The molecule has 1 aliphatic rings. The number of nitrogens with one attached hydrogen (secondary N) is 1. The number of hydrogen-bond acceptors (Lipinski definition) is 4. The van der Waals surface area contributed by atoms with Crippen molar-refractivity contribution in [3.05, 3.63) is 71.9 Å². The SMILES string of the molecule is CC1CC(C)CN(S(=O)(=O)c2cccc(C(=O)N(C)CCCc3cc(-c4ccccc4)n[nH]3)c2)C1. The third-order valence-electron chi connectivity index (χ3n) is 6.54. The number of benzene rings is 2. The molecule has 1 aliphatic heterocycles. The number of hydrogen-bond donors (Lipinski definition) is 1. The highest BCUT2D eigenvalue weighted by Gasteiger charge is 2.32. The van der Waals surface area contributed by atoms with Gasteiger partial charge < -0.3 is 4.90 Å². The summed E-state index contributed by atoms with van der Waals surface area (Å²) in [5, 5.41) is 7.46. The fraction of sp³-hybridized carbons (Fsp3) is 0.407. The molecule has 1 fully saturated rings. The van der Waals surface area contributed by atoms with E-state index in [0.29, 0.717) is 37.0 Å². The second-order valence-corrected chi connectivity index (χ2v) is 11.7. The molecule has 3 aromatic rings. The smallest absolute Gasteiger partial charge is 0.253 e. The molecule has 0 bridgehead atoms. The van der Waals surface area contributed by atoms with E-state index in [-0.39, 0.29) is 10.8 Å². The molecule has 2 unspecified atom stereocenters. The lowest BCUT2D eigenvalue weighted by Crippen LogP contribution is -2.42. The predicted molar refractivity (Wildman–Crippen MR) is 137 cm³/mol. The van der Waals surface area contributed by atoms with Crippen LogP contribution in [0.4, 0.5) is 0 Å². The molecule has 1 N–H and O–H groups in total. The maximum absolute atomic E-state index is 13.2. The molecular weight excluding hydrogens is 460 g/mol. The number of aryl methyl sites for hydroxylation is 1. The number of nitrogens with zero attached hydrogens (tertiary/aromatic N) is 3. The molecule has 1 amide bonds. The highest BCUT2D eigenvalue weighted by Crippen LogP contribution is 2.27. The molecule has 1 saturated heterocycles. The molecule has 2 heterocycles. The molecule has 0 saturated carbocycles. The Hall–Kier alpha value is -2.97. The van der Waals surface area contributed by atoms with Gasteiger partial charge in [-0.3, -0.25) is 9.89 Å². The lowest BCUT2D eigenvalue weighted by atomic mass is 9.94. The first-order chi connectivity index (χ1) is 16.7. The van der Waals surface area contributed by atoms with Gasteiger partial charge in [0.1, 0.15) is 0 Å². The number of carbonyl (C=O) groups is 1. The van der Waals surface area contributed by atoms with Crippen LogP contribution in [0.5, 0.6) is 0 Å². The number of aromatic nitrogens is 2. The largest absolute Gasteiger partial charge is 0.342 e. The van der Waals surface area contributed by atoms with Crippen molar-refractivity contribution in [1.29, 1.82) is 0 Å². The highest BCUT2D eigenvalue weighted by atomic mass is 32.2. The number of amides is 1. The van der Waals surface area contributed by atoms with Crippen LogP contribution in [-0.4, -0.2) is 60.4 Å². The van der Waals surface area contributed by atoms with Crippen molar-refractivity contribution in [2.75, 3.05) is 26.7 Å². The minimum Gasteiger partial charge on any atom is -0.342 e. The van der Waals surface area contributed by atoms with Crippen molar-refractivity contribution in [2.45, 2.75) is 38.0 Å². The Morgan fingerprint density at radius 3 is 2.49 bits per heavy atom. The quantitative estimate of drug-likeness (QED) is 0.501. The first-order valence-corrected chi connectivity index (χ1v) is 13.6. The van der Waals surface area contributed by atoms with Gasteiger partial charge in [0.2, 0.25) is 10.0 Å². The van der Waals surface area contributed by atoms with Crippen LogP contribution >= 0.6 is 0 Å². The highest BCUT2D eigenvalue weighted by molar-refractivity contribution is 7.89. The van der Waals surface area contributed by atoms with Crippen molar-refractivity contribution in [1.82, 2.24) is 19.4 Å². The molecule has 1 aromatic heterocycles. The van der Waals surface area contributed by atoms with Crippen molar-refractivity contribution < 1.29 is 13.2 Å². The van der Waals surface area contributed by atoms with Crippen LogP contribution in [0, 0.1) is 11.8 Å². The molecule has 2 aromatic carbocycles. The molecule has 0 radical (unpaired) electrons. The summed E-state index contributed by atoms with van der Waals surface area (Å²) in [6, 6.07) is 18.5. The lowest BCUT2D eigenvalue weighted by Gasteiger charge is -2.34. The number of rotatable bonds is 8. The normalized spacial score (nSPS) is 18.9. The minimum atomic E-state index is -3.63. The van der Waals surface area contributed by atoms with E-state index in [1.54, 1.807) is 34.5 Å². The maximum Gasteiger partial charge on any atom is 0.253 e. The van der Waals surface area contributed by atoms with Crippen molar-refractivity contribution in [2.24, 2.45) is 11.8 Å². The van der Waals surface area contributed by atoms with E-state index in [9.17, 15) is 13.2 Å². The number of H-pyrrole nitrogens is 1. The van der Waals surface area contributed by atoms with Gasteiger partial charge >= 0.3 is 0 Å². The molecule has 2 atom stereocenters. The molecular formula is C27H34N4O3S. The van der Waals surface area contributed by atoms with Gasteiger partial charge in [0, 0.05) is 43.5 Å². The zero-order chi connectivity index (χ0) is 25.0. The summed E-state index contributed by atoms with van der Waals surface area (Å²) in [5.41, 5.74) is 3.37. The summed E-state index contributed by atoms with van der Waals surface area (Å²) in [4.78, 5) is 14.9. The van der Waals surface area contributed by atoms with Gasteiger partial charge in [-0.25, -0.2) is 8.42 Å². The third kappa shape index (κ3) is 6.00. The van der Waals surface area contributed by atoms with Crippen LogP contribution in [0.25, 0.3) is 11.3 Å². The molecule has 186 valence electrons. The van der Waals surface area contributed by atoms with Crippen LogP contribution in [0.1, 0.15) is 42.7 Å². The summed E-state index contributed by atoms with van der Waals surface area (Å²) >= 11 is 0. The van der Waals surface area contributed by atoms with Crippen molar-refractivity contribution in [3.63, 3.8) is 0 Å². The first kappa shape index (κ1) is 25.1. The average Bonchev–Trinajstić information content (AvgIpc) is 3.32. The molecule has 35 heavy (non-hydrogen) atoms. The van der Waals surface area contributed by atoms with Gasteiger partial charge in [0.25, 0.3) is 5.91 Å². The van der Waals surface area contributed by atoms with E-state index in [4.69, 9.17) is 0 Å². The van der Waals surface area contributed by atoms with E-state index in [1.165, 1.54) is 6.07 Å². The summed E-state index contributed by atoms with van der Waals surface area (Å²) in [7, 11) is -1.88. The van der Waals surface area contributed by atoms with Gasteiger partial charge in [-0.1, -0.05) is 50.2 Å². The number of piperidine rings is 1. The van der Waals surface area contributed by atoms with Gasteiger partial charge in [0.15, 0.2) is 0 Å². The molecule has 7 nitrogen and oxygen atoms in total. The van der Waals surface area contributed by atoms with Crippen LogP contribution in [0.15, 0.2) is 65.6 Å². The van der Waals surface area contributed by atoms with E-state index in [1.807, 2.05) is 36.4 Å². The fourth-order valence-electron chi connectivity index (χ4n) is 4.82. The van der Waals surface area contributed by atoms with E-state index >= 15 is 0 Å². The van der Waals surface area contributed by atoms with Crippen molar-refractivity contribution >= 4 is 15.9 Å². The van der Waals surface area contributed by atoms with E-state index in [2.05, 4.69) is 24.0 Å². The van der Waals surface area contributed by atoms with E-state index < -0.39 is 10.0 Å². The average molecular weight is 495 g/mol. The zero-order valence-corrected chi connectivity index (χ0v) is 21.5. The van der Waals surface area contributed by atoms with Crippen LogP contribution < -0.4 is 0 Å². The summed E-state index contributed by atoms with van der Waals surface area (Å²) < 4.78 is 28.1. The molecule has 4 rings (SSSR count). The topological polar surface area (TPSA) is 86.4 Å². The first-order valence-electron chi connectivity index (χ1n) is 12.2. The van der Waals surface area contributed by atoms with Crippen LogP contribution in [0.3, 0.4) is 0 Å². The summed E-state index contributed by atoms with van der Waals surface area (Å²) in [6.07, 6.45) is 2.55. The maximum atomic E-state index is 13.2. The summed E-state index contributed by atoms with van der Waals surface area (Å²) in [5.74, 6) is 0.461. The van der Waals surface area contributed by atoms with Gasteiger partial charge in [-0.2, -0.15) is 9.40 Å². The Labute approximate surface area is 208 Å². The summed E-state index contributed by atoms with van der Waals surface area (Å²) in [6.45, 7) is 5.75. The Morgan fingerprint density at radius 2 is 1.77 bits per heavy atom. The van der Waals surface area contributed by atoms with E-state index in [0.717, 1.165) is 36.2 Å². The minimum absolute atomic E-state index is 0.183. The van der Waals surface area contributed by atoms with Crippen molar-refractivity contribution in [3.8, 4) is 11.3 Å². The number of aromatic amines is 1. The Kier molecular flexibility index (Phi) is 7.72. The van der Waals surface area contributed by atoms with Gasteiger partial charge in [-0.05, 0) is 55.4 Å². The fourth-order valence-corrected chi connectivity index (χ4v) is 6.54. The number of carbonyl (C=O) groups excluding carboxylic acids is 1. The third-order valence-corrected chi connectivity index (χ3v) is 8.37. The second kappa shape index (κ2) is 10.7. The van der Waals surface area contributed by atoms with Gasteiger partial charge in [0.05, 0.1) is 10.6 Å². The predicted octanol–water partition coefficient (Wildman–Crippen LogP) is 4.45. The second-order valence-electron chi connectivity index (χ2n) is 9.77. The zero-order valence-electron chi connectivity index (χ0n) is 20.6. The Bertz CT molecular complexity index is 1250. The number of sulfonamides is 1. The standard InChI is InChI=1S/C27H34N4O3S/c1-20-15-21(2)19-31(18-20)35(33,34)25-13-7-11-23(16-25)27(32)30(3)14-8-12-24-17-26(29-28-24)22-9-5-4-6-10-22/h4-7,9-11,13,16-17,20-21H,8,12,14-15,18-19H2,1-3H3,(H,28,29). The Morgan fingerprint density at radius 1 is 1.06 bits per heavy atom.